The summed E-state index contributed by atoms with van der Waals surface area (Å²) in [5, 5.41) is 0. The summed E-state index contributed by atoms with van der Waals surface area (Å²) < 4.78 is 0. The number of aromatic nitrogens is 2. The van der Waals surface area contributed by atoms with E-state index in [9.17, 15) is 0 Å². The zero-order chi connectivity index (χ0) is 14.0. The van der Waals surface area contributed by atoms with E-state index in [1.807, 2.05) is 0 Å². The summed E-state index contributed by atoms with van der Waals surface area (Å²) in [6, 6.07) is 0. The molecule has 5 heteroatoms. The van der Waals surface area contributed by atoms with Crippen LogP contribution in [0.5, 0.6) is 0 Å². The largest absolute Gasteiger partial charge is 0.356 e. The first-order chi connectivity index (χ1) is 8.97. The number of nitrogen functional groups attached to an aromatic ring is 1. The Morgan fingerprint density at radius 1 is 1.42 bits per heavy atom. The Morgan fingerprint density at radius 2 is 2.16 bits per heavy atom. The summed E-state index contributed by atoms with van der Waals surface area (Å²) in [7, 11) is 0. The van der Waals surface area contributed by atoms with Gasteiger partial charge in [0.15, 0.2) is 0 Å². The molecule has 1 fully saturated rings. The lowest BCUT2D eigenvalue weighted by Gasteiger charge is -2.27. The minimum Gasteiger partial charge on any atom is -0.356 e. The van der Waals surface area contributed by atoms with Crippen molar-refractivity contribution in [3.63, 3.8) is 0 Å². The van der Waals surface area contributed by atoms with Gasteiger partial charge in [-0.2, -0.15) is 0 Å². The van der Waals surface area contributed by atoms with Gasteiger partial charge in [0.2, 0.25) is 0 Å². The number of hydrazine groups is 1. The average molecular weight is 263 g/mol. The maximum Gasteiger partial charge on any atom is 0.148 e. The van der Waals surface area contributed by atoms with Crippen LogP contribution in [-0.2, 0) is 6.42 Å². The third kappa shape index (κ3) is 2.81. The van der Waals surface area contributed by atoms with Gasteiger partial charge < -0.3 is 10.3 Å². The fourth-order valence-corrected chi connectivity index (χ4v) is 2.79. The normalized spacial score (nSPS) is 19.8. The van der Waals surface area contributed by atoms with E-state index in [2.05, 4.69) is 48.0 Å². The van der Waals surface area contributed by atoms with Gasteiger partial charge in [-0.15, -0.1) is 0 Å². The zero-order valence-electron chi connectivity index (χ0n) is 12.4. The Bertz CT molecular complexity index is 438. The minimum absolute atomic E-state index is 0.350. The molecule has 5 nitrogen and oxygen atoms in total. The molecule has 0 spiro atoms. The van der Waals surface area contributed by atoms with E-state index in [1.165, 1.54) is 6.42 Å². The van der Waals surface area contributed by atoms with Crippen LogP contribution in [0, 0.1) is 11.3 Å². The van der Waals surface area contributed by atoms with Gasteiger partial charge >= 0.3 is 0 Å². The molecule has 0 saturated carbocycles. The average Bonchev–Trinajstić information content (AvgIpc) is 2.86. The van der Waals surface area contributed by atoms with Crippen LogP contribution in [0.1, 0.15) is 39.7 Å². The second kappa shape index (κ2) is 5.33. The molecule has 106 valence electrons. The predicted molar refractivity (Wildman–Crippen MR) is 79.0 cm³/mol. The fraction of sp³-hybridized carbons (Fsp3) is 0.714. The van der Waals surface area contributed by atoms with Crippen LogP contribution in [0.4, 0.5) is 11.6 Å². The van der Waals surface area contributed by atoms with Gasteiger partial charge in [0.25, 0.3) is 0 Å². The second-order valence-corrected chi connectivity index (χ2v) is 6.32. The Morgan fingerprint density at radius 3 is 2.68 bits per heavy atom. The van der Waals surface area contributed by atoms with Crippen molar-refractivity contribution in [2.45, 2.75) is 40.5 Å². The van der Waals surface area contributed by atoms with Crippen LogP contribution in [0.25, 0.3) is 0 Å². The number of anilines is 2. The molecule has 19 heavy (non-hydrogen) atoms. The van der Waals surface area contributed by atoms with Crippen molar-refractivity contribution in [3.05, 3.63) is 11.9 Å². The van der Waals surface area contributed by atoms with Crippen molar-refractivity contribution in [1.82, 2.24) is 9.97 Å². The monoisotopic (exact) mass is 263 g/mol. The third-order valence-electron chi connectivity index (χ3n) is 4.13. The number of hydrogen-bond donors (Lipinski definition) is 2. The van der Waals surface area contributed by atoms with Crippen molar-refractivity contribution < 1.29 is 0 Å². The van der Waals surface area contributed by atoms with Crippen molar-refractivity contribution in [3.8, 4) is 0 Å². The quantitative estimate of drug-likeness (QED) is 0.646. The highest BCUT2D eigenvalue weighted by Crippen LogP contribution is 2.36. The first-order valence-electron chi connectivity index (χ1n) is 7.02. The van der Waals surface area contributed by atoms with Crippen LogP contribution < -0.4 is 16.2 Å². The van der Waals surface area contributed by atoms with Gasteiger partial charge in [0.1, 0.15) is 18.0 Å². The maximum atomic E-state index is 5.53. The van der Waals surface area contributed by atoms with Gasteiger partial charge in [-0.3, -0.25) is 0 Å². The van der Waals surface area contributed by atoms with E-state index in [0.29, 0.717) is 11.3 Å². The van der Waals surface area contributed by atoms with Crippen LogP contribution in [0.2, 0.25) is 0 Å². The second-order valence-electron chi connectivity index (χ2n) is 6.32. The SMILES string of the molecule is CCc1c(NN)ncnc1N1CCC(C(C)(C)C)C1. The lowest BCUT2D eigenvalue weighted by molar-refractivity contribution is 0.263. The number of hydrogen-bond acceptors (Lipinski definition) is 5. The van der Waals surface area contributed by atoms with E-state index in [0.717, 1.165) is 36.7 Å². The first kappa shape index (κ1) is 14.1. The molecular formula is C14H25N5. The van der Waals surface area contributed by atoms with E-state index in [-0.39, 0.29) is 0 Å². The smallest absolute Gasteiger partial charge is 0.148 e. The number of nitrogens with one attached hydrogen (secondary N) is 1. The van der Waals surface area contributed by atoms with Crippen molar-refractivity contribution in [2.24, 2.45) is 17.2 Å². The summed E-state index contributed by atoms with van der Waals surface area (Å²) in [5.41, 5.74) is 4.14. The van der Waals surface area contributed by atoms with Gasteiger partial charge in [-0.05, 0) is 24.2 Å². The molecule has 1 aromatic rings. The lowest BCUT2D eigenvalue weighted by atomic mass is 9.80. The third-order valence-corrected chi connectivity index (χ3v) is 4.13. The van der Waals surface area contributed by atoms with Gasteiger partial charge in [-0.1, -0.05) is 27.7 Å². The zero-order valence-corrected chi connectivity index (χ0v) is 12.4. The topological polar surface area (TPSA) is 67.1 Å². The molecule has 1 aromatic heterocycles. The highest BCUT2D eigenvalue weighted by molar-refractivity contribution is 5.58. The number of rotatable bonds is 3. The fourth-order valence-electron chi connectivity index (χ4n) is 2.79. The highest BCUT2D eigenvalue weighted by atomic mass is 15.3. The Hall–Kier alpha value is -1.36. The summed E-state index contributed by atoms with van der Waals surface area (Å²) in [4.78, 5) is 11.0. The number of nitrogens with two attached hydrogens (primary N) is 1. The molecule has 2 rings (SSSR count). The molecule has 1 aliphatic rings. The van der Waals surface area contributed by atoms with Crippen LogP contribution in [-0.4, -0.2) is 23.1 Å². The molecular weight excluding hydrogens is 238 g/mol. The summed E-state index contributed by atoms with van der Waals surface area (Å²) >= 11 is 0. The van der Waals surface area contributed by atoms with Gasteiger partial charge in [0.05, 0.1) is 0 Å². The van der Waals surface area contributed by atoms with Crippen molar-refractivity contribution in [2.75, 3.05) is 23.4 Å². The molecule has 1 atom stereocenters. The van der Waals surface area contributed by atoms with Crippen LogP contribution in [0.3, 0.4) is 0 Å². The summed E-state index contributed by atoms with van der Waals surface area (Å²) in [5.74, 6) is 8.02. The Labute approximate surface area is 115 Å². The Kier molecular flexibility index (Phi) is 3.94. The molecule has 0 bridgehead atoms. The van der Waals surface area contributed by atoms with Crippen LogP contribution in [0.15, 0.2) is 6.33 Å². The molecule has 3 N–H and O–H groups in total. The molecule has 1 saturated heterocycles. The number of nitrogens with zero attached hydrogens (tertiary/aromatic N) is 3. The summed E-state index contributed by atoms with van der Waals surface area (Å²) in [6.45, 7) is 11.2. The van der Waals surface area contributed by atoms with Crippen molar-refractivity contribution in [1.29, 1.82) is 0 Å². The molecule has 0 amide bonds. The molecule has 2 heterocycles. The molecule has 0 aromatic carbocycles. The lowest BCUT2D eigenvalue weighted by Crippen LogP contribution is -2.27. The van der Waals surface area contributed by atoms with E-state index < -0.39 is 0 Å². The van der Waals surface area contributed by atoms with Gasteiger partial charge in [-0.25, -0.2) is 15.8 Å². The summed E-state index contributed by atoms with van der Waals surface area (Å²) in [6.07, 6.45) is 3.70. The molecule has 0 aliphatic carbocycles. The van der Waals surface area contributed by atoms with E-state index in [1.54, 1.807) is 6.33 Å². The van der Waals surface area contributed by atoms with Crippen molar-refractivity contribution >= 4 is 11.6 Å². The van der Waals surface area contributed by atoms with Gasteiger partial charge in [0, 0.05) is 18.7 Å². The molecule has 0 radical (unpaired) electrons. The Balaban J connectivity index is 2.24. The highest BCUT2D eigenvalue weighted by Gasteiger charge is 2.33. The minimum atomic E-state index is 0.350. The first-order valence-corrected chi connectivity index (χ1v) is 7.02. The standard InChI is InChI=1S/C14H25N5/c1-5-11-12(18-15)16-9-17-13(11)19-7-6-10(8-19)14(2,3)4/h9-10H,5-8,15H2,1-4H3,(H,16,17,18). The van der Waals surface area contributed by atoms with Crippen LogP contribution >= 0.6 is 0 Å². The molecule has 1 unspecified atom stereocenters. The molecule has 1 aliphatic heterocycles. The maximum absolute atomic E-state index is 5.53. The van der Waals surface area contributed by atoms with E-state index >= 15 is 0 Å². The van der Waals surface area contributed by atoms with E-state index in [4.69, 9.17) is 5.84 Å². The predicted octanol–water partition coefficient (Wildman–Crippen LogP) is 2.20.